The third-order valence-corrected chi connectivity index (χ3v) is 4.77. The Morgan fingerprint density at radius 3 is 2.25 bits per heavy atom. The molecule has 0 bridgehead atoms. The summed E-state index contributed by atoms with van der Waals surface area (Å²) in [5.74, 6) is -0.466. The van der Waals surface area contributed by atoms with Crippen molar-refractivity contribution < 1.29 is 23.9 Å². The van der Waals surface area contributed by atoms with Gasteiger partial charge >= 0.3 is 12.1 Å². The number of benzene rings is 1. The summed E-state index contributed by atoms with van der Waals surface area (Å²) >= 11 is 0. The minimum Gasteiger partial charge on any atom is -0.453 e. The summed E-state index contributed by atoms with van der Waals surface area (Å²) in [6, 6.07) is 4.41. The summed E-state index contributed by atoms with van der Waals surface area (Å²) < 4.78 is 4.68. The van der Waals surface area contributed by atoms with Crippen LogP contribution in [0.25, 0.3) is 0 Å². The zero-order chi connectivity index (χ0) is 20.4. The van der Waals surface area contributed by atoms with Gasteiger partial charge in [-0.25, -0.2) is 9.59 Å². The molecule has 2 aliphatic heterocycles. The number of piperazine rings is 1. The van der Waals surface area contributed by atoms with Crippen LogP contribution in [0.4, 0.5) is 15.3 Å². The lowest BCUT2D eigenvalue weighted by molar-refractivity contribution is 0.0636. The first kappa shape index (κ1) is 19.7. The van der Waals surface area contributed by atoms with E-state index < -0.39 is 6.09 Å². The molecule has 2 heterocycles. The molecule has 0 atom stereocenters. The normalized spacial score (nSPS) is 16.5. The lowest BCUT2D eigenvalue weighted by Gasteiger charge is -2.33. The van der Waals surface area contributed by atoms with E-state index >= 15 is 0 Å². The number of anilines is 1. The average Bonchev–Trinajstić information content (AvgIpc) is 2.91. The first-order valence-electron chi connectivity index (χ1n) is 9.21. The fourth-order valence-corrected chi connectivity index (χ4v) is 3.32. The van der Waals surface area contributed by atoms with Gasteiger partial charge < -0.3 is 19.9 Å². The highest BCUT2D eigenvalue weighted by Gasteiger charge is 2.36. The molecule has 3 rings (SSSR count). The van der Waals surface area contributed by atoms with E-state index in [1.54, 1.807) is 23.1 Å². The lowest BCUT2D eigenvalue weighted by Crippen LogP contribution is -2.51. The second-order valence-electron chi connectivity index (χ2n) is 7.25. The van der Waals surface area contributed by atoms with E-state index in [9.17, 15) is 19.2 Å². The minimum atomic E-state index is -0.409. The van der Waals surface area contributed by atoms with Crippen molar-refractivity contribution >= 4 is 29.6 Å². The molecule has 150 valence electrons. The van der Waals surface area contributed by atoms with Crippen LogP contribution in [-0.2, 0) is 4.74 Å². The van der Waals surface area contributed by atoms with Crippen molar-refractivity contribution in [3.8, 4) is 0 Å². The molecule has 28 heavy (non-hydrogen) atoms. The summed E-state index contributed by atoms with van der Waals surface area (Å²) in [5.41, 5.74) is 1.11. The molecule has 0 saturated carbocycles. The third kappa shape index (κ3) is 3.78. The Labute approximate surface area is 163 Å². The number of methoxy groups -OCH3 is 1. The van der Waals surface area contributed by atoms with Gasteiger partial charge in [0.15, 0.2) is 0 Å². The standard InChI is InChI=1S/C19H24N4O5/c1-12(2)11-23-16(24)14-5-4-13(10-15(14)17(23)25)20-18(26)21-6-8-22(9-7-21)19(27)28-3/h4-5,10,12H,6-9,11H2,1-3H3,(H,20,26). The molecular formula is C19H24N4O5. The van der Waals surface area contributed by atoms with Crippen LogP contribution in [0.2, 0.25) is 0 Å². The minimum absolute atomic E-state index is 0.171. The lowest BCUT2D eigenvalue weighted by atomic mass is 10.1. The summed E-state index contributed by atoms with van der Waals surface area (Å²) in [5, 5.41) is 2.76. The van der Waals surface area contributed by atoms with Crippen molar-refractivity contribution in [1.29, 1.82) is 0 Å². The quantitative estimate of drug-likeness (QED) is 0.797. The molecule has 0 unspecified atom stereocenters. The van der Waals surface area contributed by atoms with Gasteiger partial charge in [-0.3, -0.25) is 14.5 Å². The predicted molar refractivity (Wildman–Crippen MR) is 101 cm³/mol. The van der Waals surface area contributed by atoms with Gasteiger partial charge in [0.2, 0.25) is 0 Å². The fraction of sp³-hybridized carbons (Fsp3) is 0.474. The van der Waals surface area contributed by atoms with Crippen molar-refractivity contribution in [2.45, 2.75) is 13.8 Å². The topological polar surface area (TPSA) is 99.3 Å². The van der Waals surface area contributed by atoms with Crippen molar-refractivity contribution in [2.24, 2.45) is 5.92 Å². The van der Waals surface area contributed by atoms with Crippen molar-refractivity contribution in [3.05, 3.63) is 29.3 Å². The monoisotopic (exact) mass is 388 g/mol. The largest absolute Gasteiger partial charge is 0.453 e. The Morgan fingerprint density at radius 1 is 1.04 bits per heavy atom. The van der Waals surface area contributed by atoms with Gasteiger partial charge in [-0.15, -0.1) is 0 Å². The van der Waals surface area contributed by atoms with E-state index in [-0.39, 0.29) is 23.8 Å². The Morgan fingerprint density at radius 2 is 1.64 bits per heavy atom. The van der Waals surface area contributed by atoms with Gasteiger partial charge in [0.05, 0.1) is 18.2 Å². The number of hydrogen-bond acceptors (Lipinski definition) is 5. The number of fused-ring (bicyclic) bond motifs is 1. The highest BCUT2D eigenvalue weighted by Crippen LogP contribution is 2.26. The van der Waals surface area contributed by atoms with Gasteiger partial charge in [0, 0.05) is 38.4 Å². The molecule has 0 spiro atoms. The molecule has 1 aromatic carbocycles. The second-order valence-corrected chi connectivity index (χ2v) is 7.25. The highest BCUT2D eigenvalue weighted by atomic mass is 16.5. The maximum atomic E-state index is 12.5. The van der Waals surface area contributed by atoms with Crippen LogP contribution in [0, 0.1) is 5.92 Å². The Bertz CT molecular complexity index is 815. The molecule has 1 aromatic rings. The maximum absolute atomic E-state index is 12.5. The average molecular weight is 388 g/mol. The van der Waals surface area contributed by atoms with Gasteiger partial charge in [0.25, 0.3) is 11.8 Å². The van der Waals surface area contributed by atoms with Gasteiger partial charge in [0.1, 0.15) is 0 Å². The van der Waals surface area contributed by atoms with Gasteiger partial charge in [-0.05, 0) is 24.1 Å². The molecule has 9 nitrogen and oxygen atoms in total. The molecule has 1 saturated heterocycles. The number of urea groups is 1. The second kappa shape index (κ2) is 7.87. The molecule has 2 aliphatic rings. The molecule has 0 aromatic heterocycles. The number of nitrogens with one attached hydrogen (secondary N) is 1. The van der Waals surface area contributed by atoms with Gasteiger partial charge in [-0.2, -0.15) is 0 Å². The fourth-order valence-electron chi connectivity index (χ4n) is 3.32. The summed E-state index contributed by atoms with van der Waals surface area (Å²) in [7, 11) is 1.32. The van der Waals surface area contributed by atoms with Crippen LogP contribution in [0.5, 0.6) is 0 Å². The molecular weight excluding hydrogens is 364 g/mol. The molecule has 5 amide bonds. The van der Waals surface area contributed by atoms with Crippen LogP contribution < -0.4 is 5.32 Å². The molecule has 0 aliphatic carbocycles. The van der Waals surface area contributed by atoms with Crippen molar-refractivity contribution in [2.75, 3.05) is 45.2 Å². The molecule has 1 fully saturated rings. The first-order chi connectivity index (χ1) is 13.3. The van der Waals surface area contributed by atoms with E-state index in [1.165, 1.54) is 16.9 Å². The van der Waals surface area contributed by atoms with E-state index in [0.717, 1.165) is 0 Å². The predicted octanol–water partition coefficient (Wildman–Crippen LogP) is 1.85. The summed E-state index contributed by atoms with van der Waals surface area (Å²) in [6.07, 6.45) is -0.409. The highest BCUT2D eigenvalue weighted by molar-refractivity contribution is 6.21. The maximum Gasteiger partial charge on any atom is 0.409 e. The van der Waals surface area contributed by atoms with Gasteiger partial charge in [-0.1, -0.05) is 13.8 Å². The summed E-state index contributed by atoms with van der Waals surface area (Å²) in [6.45, 7) is 5.78. The third-order valence-electron chi connectivity index (χ3n) is 4.77. The molecule has 9 heteroatoms. The molecule has 0 radical (unpaired) electrons. The van der Waals surface area contributed by atoms with Crippen LogP contribution in [0.15, 0.2) is 18.2 Å². The Hall–Kier alpha value is -3.10. The number of amides is 5. The van der Waals surface area contributed by atoms with E-state index in [4.69, 9.17) is 0 Å². The Balaban J connectivity index is 1.65. The van der Waals surface area contributed by atoms with E-state index in [2.05, 4.69) is 10.1 Å². The number of hydrogen-bond donors (Lipinski definition) is 1. The number of nitrogens with zero attached hydrogens (tertiary/aromatic N) is 3. The van der Waals surface area contributed by atoms with E-state index in [1.807, 2.05) is 13.8 Å². The van der Waals surface area contributed by atoms with Crippen molar-refractivity contribution in [3.63, 3.8) is 0 Å². The van der Waals surface area contributed by atoms with Crippen LogP contribution in [-0.4, -0.2) is 78.5 Å². The van der Waals surface area contributed by atoms with Crippen LogP contribution in [0.1, 0.15) is 34.6 Å². The van der Waals surface area contributed by atoms with E-state index in [0.29, 0.717) is 49.5 Å². The number of carbonyl (C=O) groups is 4. The van der Waals surface area contributed by atoms with Crippen molar-refractivity contribution in [1.82, 2.24) is 14.7 Å². The smallest absolute Gasteiger partial charge is 0.409 e. The zero-order valence-corrected chi connectivity index (χ0v) is 16.2. The number of ether oxygens (including phenoxy) is 1. The van der Waals surface area contributed by atoms with Crippen LogP contribution >= 0.6 is 0 Å². The van der Waals surface area contributed by atoms with Crippen LogP contribution in [0.3, 0.4) is 0 Å². The number of imide groups is 1. The zero-order valence-electron chi connectivity index (χ0n) is 16.2. The SMILES string of the molecule is COC(=O)N1CCN(C(=O)Nc2ccc3c(c2)C(=O)N(CC(C)C)C3=O)CC1. The first-order valence-corrected chi connectivity index (χ1v) is 9.21. The molecule has 1 N–H and O–H groups in total. The number of rotatable bonds is 3. The summed E-state index contributed by atoms with van der Waals surface area (Å²) in [4.78, 5) is 53.3. The number of carbonyl (C=O) groups excluding carboxylic acids is 4. The Kier molecular flexibility index (Phi) is 5.53.